The van der Waals surface area contributed by atoms with Crippen LogP contribution in [-0.2, 0) is 0 Å². The van der Waals surface area contributed by atoms with Crippen molar-refractivity contribution in [1.29, 1.82) is 0 Å². The lowest BCUT2D eigenvalue weighted by molar-refractivity contribution is 1.19. The molecule has 3 aromatic carbocycles. The van der Waals surface area contributed by atoms with Gasteiger partial charge in [0.25, 0.3) is 0 Å². The van der Waals surface area contributed by atoms with E-state index in [2.05, 4.69) is 47.6 Å². The number of nitrogens with zero attached hydrogens (tertiary/aromatic N) is 2. The molecule has 0 aliphatic carbocycles. The van der Waals surface area contributed by atoms with Crippen molar-refractivity contribution < 1.29 is 0 Å². The molecule has 0 saturated heterocycles. The minimum Gasteiger partial charge on any atom is -0.374 e. The van der Waals surface area contributed by atoms with Gasteiger partial charge in [-0.1, -0.05) is 60.5 Å². The molecule has 0 fully saturated rings. The molecule has 1 aromatic heterocycles. The highest BCUT2D eigenvalue weighted by atomic mass is 14.9. The molecule has 3 heteroatoms. The minimum atomic E-state index is 0.485. The molecule has 27 heavy (non-hydrogen) atoms. The van der Waals surface area contributed by atoms with Crippen LogP contribution in [0, 0.1) is 19.3 Å². The molecule has 0 bridgehead atoms. The molecule has 0 spiro atoms. The van der Waals surface area contributed by atoms with Gasteiger partial charge in [0, 0.05) is 11.3 Å². The van der Waals surface area contributed by atoms with Gasteiger partial charge in [0.15, 0.2) is 0 Å². The Labute approximate surface area is 159 Å². The van der Waals surface area contributed by atoms with Gasteiger partial charge in [-0.2, -0.15) is 0 Å². The Morgan fingerprint density at radius 1 is 0.815 bits per heavy atom. The van der Waals surface area contributed by atoms with Crippen molar-refractivity contribution in [2.45, 2.75) is 6.92 Å². The highest BCUT2D eigenvalue weighted by molar-refractivity contribution is 5.82. The first kappa shape index (κ1) is 16.8. The average molecular weight is 349 g/mol. The summed E-state index contributed by atoms with van der Waals surface area (Å²) in [6, 6.07) is 24.7. The molecule has 3 nitrogen and oxygen atoms in total. The predicted octanol–water partition coefficient (Wildman–Crippen LogP) is 5.32. The minimum absolute atomic E-state index is 0.485. The first-order chi connectivity index (χ1) is 13.2. The zero-order valence-electron chi connectivity index (χ0n) is 15.1. The number of rotatable bonds is 4. The monoisotopic (exact) mass is 349 g/mol. The zero-order chi connectivity index (χ0) is 18.6. The first-order valence-electron chi connectivity index (χ1n) is 8.86. The second-order valence-electron chi connectivity index (χ2n) is 6.36. The molecule has 1 heterocycles. The predicted molar refractivity (Wildman–Crippen MR) is 112 cm³/mol. The van der Waals surface area contributed by atoms with Gasteiger partial charge in [-0.15, -0.1) is 6.42 Å². The van der Waals surface area contributed by atoms with Crippen LogP contribution in [0.4, 0.5) is 5.69 Å². The van der Waals surface area contributed by atoms with Gasteiger partial charge >= 0.3 is 0 Å². The molecule has 0 atom stereocenters. The lowest BCUT2D eigenvalue weighted by atomic mass is 10.0. The van der Waals surface area contributed by atoms with E-state index < -0.39 is 0 Å². The molecule has 0 aliphatic heterocycles. The van der Waals surface area contributed by atoms with Gasteiger partial charge in [-0.3, -0.25) is 0 Å². The van der Waals surface area contributed by atoms with Crippen LogP contribution in [0.15, 0.2) is 72.8 Å². The van der Waals surface area contributed by atoms with Crippen molar-refractivity contribution in [3.05, 3.63) is 78.5 Å². The van der Waals surface area contributed by atoms with Crippen LogP contribution in [-0.4, -0.2) is 16.5 Å². The lowest BCUT2D eigenvalue weighted by Gasteiger charge is -2.09. The Morgan fingerprint density at radius 3 is 2.26 bits per heavy atom. The molecule has 0 unspecified atom stereocenters. The number of aryl methyl sites for hydroxylation is 1. The second-order valence-corrected chi connectivity index (χ2v) is 6.36. The molecule has 0 saturated carbocycles. The molecule has 4 rings (SSSR count). The van der Waals surface area contributed by atoms with Crippen LogP contribution < -0.4 is 5.32 Å². The summed E-state index contributed by atoms with van der Waals surface area (Å²) in [6.45, 7) is 2.48. The summed E-state index contributed by atoms with van der Waals surface area (Å²) in [4.78, 5) is 9.59. The fourth-order valence-electron chi connectivity index (χ4n) is 3.13. The van der Waals surface area contributed by atoms with Crippen molar-refractivity contribution in [2.24, 2.45) is 0 Å². The van der Waals surface area contributed by atoms with E-state index in [1.807, 2.05) is 43.3 Å². The third kappa shape index (κ3) is 3.51. The van der Waals surface area contributed by atoms with Crippen LogP contribution in [0.1, 0.15) is 5.69 Å². The summed E-state index contributed by atoms with van der Waals surface area (Å²) in [7, 11) is 0. The quantitative estimate of drug-likeness (QED) is 0.507. The van der Waals surface area contributed by atoms with Crippen molar-refractivity contribution >= 4 is 16.7 Å². The van der Waals surface area contributed by atoms with E-state index in [9.17, 15) is 0 Å². The maximum Gasteiger partial charge on any atom is 0.0922 e. The molecular weight excluding hydrogens is 330 g/mol. The summed E-state index contributed by atoms with van der Waals surface area (Å²) in [6.07, 6.45) is 5.32. The van der Waals surface area contributed by atoms with Crippen LogP contribution in [0.25, 0.3) is 33.4 Å². The van der Waals surface area contributed by atoms with Gasteiger partial charge < -0.3 is 5.32 Å². The number of hydrogen-bond acceptors (Lipinski definition) is 3. The number of hydrogen-bond donors (Lipinski definition) is 1. The Balaban J connectivity index is 1.72. The summed E-state index contributed by atoms with van der Waals surface area (Å²) >= 11 is 0. The second kappa shape index (κ2) is 7.31. The van der Waals surface area contributed by atoms with Crippen molar-refractivity contribution in [2.75, 3.05) is 11.9 Å². The van der Waals surface area contributed by atoms with Gasteiger partial charge in [0.05, 0.1) is 29.0 Å². The number of benzene rings is 3. The fourth-order valence-corrected chi connectivity index (χ4v) is 3.13. The molecular formula is C24H19N3. The maximum atomic E-state index is 5.32. The molecule has 4 aromatic rings. The van der Waals surface area contributed by atoms with E-state index in [0.29, 0.717) is 6.54 Å². The van der Waals surface area contributed by atoms with Crippen molar-refractivity contribution in [3.8, 4) is 34.7 Å². The third-order valence-electron chi connectivity index (χ3n) is 4.50. The summed E-state index contributed by atoms with van der Waals surface area (Å²) in [5.74, 6) is 2.58. The highest BCUT2D eigenvalue weighted by Gasteiger charge is 2.09. The molecule has 0 amide bonds. The number of aromatic nitrogens is 2. The van der Waals surface area contributed by atoms with Crippen LogP contribution in [0.2, 0.25) is 0 Å². The van der Waals surface area contributed by atoms with E-state index in [4.69, 9.17) is 16.4 Å². The number of terminal acetylenes is 1. The van der Waals surface area contributed by atoms with E-state index in [0.717, 1.165) is 33.7 Å². The number of nitrogens with one attached hydrogen (secondary N) is 1. The average Bonchev–Trinajstić information content (AvgIpc) is 2.72. The van der Waals surface area contributed by atoms with E-state index in [-0.39, 0.29) is 0 Å². The van der Waals surface area contributed by atoms with E-state index in [1.54, 1.807) is 0 Å². The van der Waals surface area contributed by atoms with Crippen LogP contribution in [0.5, 0.6) is 0 Å². The van der Waals surface area contributed by atoms with Crippen molar-refractivity contribution in [1.82, 2.24) is 9.97 Å². The molecule has 1 N–H and O–H groups in total. The van der Waals surface area contributed by atoms with Crippen LogP contribution in [0.3, 0.4) is 0 Å². The highest BCUT2D eigenvalue weighted by Crippen LogP contribution is 2.27. The van der Waals surface area contributed by atoms with E-state index in [1.165, 1.54) is 11.1 Å². The standard InChI is InChI=1S/C24H19N3/c1-3-15-25-21-13-14-22-23(16-21)27-24(17(2)26-22)20-11-9-19(10-12-20)18-7-5-4-6-8-18/h1,4-14,16,25H,15H2,2H3. The van der Waals surface area contributed by atoms with Gasteiger partial charge in [0.2, 0.25) is 0 Å². The zero-order valence-corrected chi connectivity index (χ0v) is 15.1. The Hall–Kier alpha value is -3.64. The largest absolute Gasteiger partial charge is 0.374 e. The third-order valence-corrected chi connectivity index (χ3v) is 4.50. The normalized spacial score (nSPS) is 10.5. The van der Waals surface area contributed by atoms with Crippen LogP contribution >= 0.6 is 0 Å². The topological polar surface area (TPSA) is 37.8 Å². The fraction of sp³-hybridized carbons (Fsp3) is 0.0833. The van der Waals surface area contributed by atoms with Crippen molar-refractivity contribution in [3.63, 3.8) is 0 Å². The Kier molecular flexibility index (Phi) is 4.55. The van der Waals surface area contributed by atoms with Gasteiger partial charge in [-0.25, -0.2) is 9.97 Å². The molecule has 0 aliphatic rings. The van der Waals surface area contributed by atoms with Gasteiger partial charge in [-0.05, 0) is 36.2 Å². The Bertz CT molecular complexity index is 1120. The first-order valence-corrected chi connectivity index (χ1v) is 8.86. The SMILES string of the molecule is C#CCNc1ccc2nc(C)c(-c3ccc(-c4ccccc4)cc3)nc2c1. The Morgan fingerprint density at radius 2 is 1.52 bits per heavy atom. The van der Waals surface area contributed by atoms with Gasteiger partial charge in [0.1, 0.15) is 0 Å². The number of fused-ring (bicyclic) bond motifs is 1. The summed E-state index contributed by atoms with van der Waals surface area (Å²) in [5.41, 5.74) is 7.94. The number of anilines is 1. The summed E-state index contributed by atoms with van der Waals surface area (Å²) in [5, 5.41) is 3.18. The molecule has 0 radical (unpaired) electrons. The molecule has 130 valence electrons. The smallest absolute Gasteiger partial charge is 0.0922 e. The summed E-state index contributed by atoms with van der Waals surface area (Å²) < 4.78 is 0. The van der Waals surface area contributed by atoms with E-state index >= 15 is 0 Å². The maximum absolute atomic E-state index is 5.32. The lowest BCUT2D eigenvalue weighted by Crippen LogP contribution is -1.99.